The number of benzene rings is 2. The van der Waals surface area contributed by atoms with Crippen LogP contribution in [0.1, 0.15) is 22.8 Å². The number of carbonyl (C=O) groups is 2. The van der Waals surface area contributed by atoms with Gasteiger partial charge in [0.15, 0.2) is 0 Å². The molecule has 1 radical (unpaired) electrons. The summed E-state index contributed by atoms with van der Waals surface area (Å²) in [6, 6.07) is 6.90. The van der Waals surface area contributed by atoms with E-state index in [1.165, 1.54) is 19.1 Å². The molecule has 183 valence electrons. The van der Waals surface area contributed by atoms with Crippen LogP contribution in [0.2, 0.25) is 0 Å². The van der Waals surface area contributed by atoms with Gasteiger partial charge < -0.3 is 0 Å². The van der Waals surface area contributed by atoms with Crippen molar-refractivity contribution in [3.8, 4) is 0 Å². The van der Waals surface area contributed by atoms with Crippen molar-refractivity contribution in [2.75, 3.05) is 10.6 Å². The molecule has 3 aromatic rings. The number of rotatable bonds is 6. The van der Waals surface area contributed by atoms with Crippen LogP contribution in [0.25, 0.3) is 0 Å². The first-order valence-electron chi connectivity index (χ1n) is 9.46. The van der Waals surface area contributed by atoms with E-state index in [0.29, 0.717) is 12.1 Å². The van der Waals surface area contributed by atoms with Crippen molar-refractivity contribution >= 4 is 50.4 Å². The summed E-state index contributed by atoms with van der Waals surface area (Å²) < 4.78 is 92.2. The number of aromatic nitrogens is 1. The Labute approximate surface area is 201 Å². The zero-order chi connectivity index (χ0) is 26.0. The molecule has 0 aliphatic heterocycles. The minimum atomic E-state index is -4.66. The van der Waals surface area contributed by atoms with Gasteiger partial charge in [0, 0.05) is 0 Å². The Hall–Kier alpha value is -3.31. The number of amides is 2. The van der Waals surface area contributed by atoms with Crippen LogP contribution in [0, 0.1) is 11.6 Å². The predicted molar refractivity (Wildman–Crippen MR) is 117 cm³/mol. The van der Waals surface area contributed by atoms with Gasteiger partial charge in [-0.05, 0) is 0 Å². The average Bonchev–Trinajstić information content (AvgIpc) is 2.78. The molecule has 0 bridgehead atoms. The molecule has 1 heterocycles. The number of hydrogen-bond donors (Lipinski definition) is 2. The van der Waals surface area contributed by atoms with E-state index in [4.69, 9.17) is 0 Å². The molecule has 2 N–H and O–H groups in total. The van der Waals surface area contributed by atoms with Gasteiger partial charge in [-0.25, -0.2) is 0 Å². The van der Waals surface area contributed by atoms with Crippen molar-refractivity contribution in [1.29, 1.82) is 0 Å². The number of anilines is 2. The molecule has 0 spiro atoms. The molecule has 0 aliphatic rings. The third-order valence-corrected chi connectivity index (χ3v) is 10.4. The molecule has 0 aliphatic carbocycles. The summed E-state index contributed by atoms with van der Waals surface area (Å²) in [5.74, 6) is -3.70. The average molecular weight is 574 g/mol. The summed E-state index contributed by atoms with van der Waals surface area (Å²) in [4.78, 5) is 26.8. The number of hydrogen-bond acceptors (Lipinski definition) is 5. The molecule has 2 aromatic carbocycles. The Kier molecular flexibility index (Phi) is 7.61. The molecule has 0 atom stereocenters. The minimum absolute atomic E-state index is 0.103. The standard InChI is InChI=1S/C21H14AsF5N3O4S/c1-11(31)29-17-9-2-12(10-28-17)20(32)30-19-16(23)8-7-15(18(19)24)22-35(33,34)14-5-3-13(4-6-14)21(25,26)27/h2-10H,1H3,(H,30,32)(H,28,29,31). The molecule has 0 saturated heterocycles. The van der Waals surface area contributed by atoms with Crippen LogP contribution < -0.4 is 15.0 Å². The first-order chi connectivity index (χ1) is 16.3. The zero-order valence-corrected chi connectivity index (χ0v) is 20.2. The van der Waals surface area contributed by atoms with Gasteiger partial charge in [0.25, 0.3) is 0 Å². The summed E-state index contributed by atoms with van der Waals surface area (Å²) in [5.41, 5.74) is -2.05. The third kappa shape index (κ3) is 6.43. The first kappa shape index (κ1) is 26.3. The summed E-state index contributed by atoms with van der Waals surface area (Å²) in [6.45, 7) is 1.25. The Balaban J connectivity index is 1.83. The molecule has 0 saturated carbocycles. The van der Waals surface area contributed by atoms with Crippen molar-refractivity contribution in [3.05, 3.63) is 77.5 Å². The Morgan fingerprint density at radius 2 is 1.60 bits per heavy atom. The molecule has 2 amide bonds. The van der Waals surface area contributed by atoms with Gasteiger partial charge in [-0.2, -0.15) is 0 Å². The van der Waals surface area contributed by atoms with Crippen LogP contribution in [-0.4, -0.2) is 39.8 Å². The predicted octanol–water partition coefficient (Wildman–Crippen LogP) is 3.31. The van der Waals surface area contributed by atoms with Gasteiger partial charge in [-0.1, -0.05) is 0 Å². The van der Waals surface area contributed by atoms with E-state index in [1.54, 1.807) is 0 Å². The number of alkyl halides is 3. The number of nitrogens with zero attached hydrogens (tertiary/aromatic N) is 1. The monoisotopic (exact) mass is 574 g/mol. The van der Waals surface area contributed by atoms with Crippen LogP contribution in [-0.2, 0) is 19.1 Å². The summed E-state index contributed by atoms with van der Waals surface area (Å²) in [7, 11) is -4.22. The summed E-state index contributed by atoms with van der Waals surface area (Å²) >= 11 is -2.05. The summed E-state index contributed by atoms with van der Waals surface area (Å²) in [5, 5.41) is 4.40. The second-order valence-electron chi connectivity index (χ2n) is 6.91. The van der Waals surface area contributed by atoms with Crippen molar-refractivity contribution < 1.29 is 40.0 Å². The second-order valence-corrected chi connectivity index (χ2v) is 13.7. The van der Waals surface area contributed by atoms with Crippen molar-refractivity contribution in [3.63, 3.8) is 0 Å². The topological polar surface area (TPSA) is 105 Å². The number of carbonyl (C=O) groups excluding carboxylic acids is 2. The van der Waals surface area contributed by atoms with Crippen LogP contribution in [0.4, 0.5) is 33.5 Å². The van der Waals surface area contributed by atoms with Crippen LogP contribution in [0.3, 0.4) is 0 Å². The Bertz CT molecular complexity index is 1380. The van der Waals surface area contributed by atoms with Gasteiger partial charge >= 0.3 is 201 Å². The van der Waals surface area contributed by atoms with Crippen molar-refractivity contribution in [1.82, 2.24) is 4.98 Å². The van der Waals surface area contributed by atoms with Gasteiger partial charge in [-0.3, -0.25) is 0 Å². The third-order valence-electron chi connectivity index (χ3n) is 4.34. The van der Waals surface area contributed by atoms with Gasteiger partial charge in [-0.15, -0.1) is 0 Å². The van der Waals surface area contributed by atoms with Crippen LogP contribution >= 0.6 is 0 Å². The van der Waals surface area contributed by atoms with E-state index in [2.05, 4.69) is 10.3 Å². The van der Waals surface area contributed by atoms with Crippen molar-refractivity contribution in [2.24, 2.45) is 0 Å². The van der Waals surface area contributed by atoms with E-state index >= 15 is 0 Å². The fraction of sp³-hybridized carbons (Fsp3) is 0.0952. The summed E-state index contributed by atoms with van der Waals surface area (Å²) in [6.07, 6.45) is -3.60. The zero-order valence-electron chi connectivity index (χ0n) is 17.5. The number of halogens is 5. The molecule has 7 nitrogen and oxygen atoms in total. The van der Waals surface area contributed by atoms with E-state index in [-0.39, 0.29) is 11.4 Å². The van der Waals surface area contributed by atoms with E-state index in [1.807, 2.05) is 5.32 Å². The number of pyridine rings is 1. The van der Waals surface area contributed by atoms with Crippen molar-refractivity contribution in [2.45, 2.75) is 18.0 Å². The fourth-order valence-electron chi connectivity index (χ4n) is 2.69. The molecule has 0 fully saturated rings. The molecule has 14 heteroatoms. The Morgan fingerprint density at radius 1 is 0.943 bits per heavy atom. The molecule has 35 heavy (non-hydrogen) atoms. The van der Waals surface area contributed by atoms with Gasteiger partial charge in [0.1, 0.15) is 0 Å². The molecular formula is C21H14AsF5N3O4S. The molecule has 1 aromatic heterocycles. The maximum absolute atomic E-state index is 15.0. The normalized spacial score (nSPS) is 12.1. The molecule has 0 unspecified atom stereocenters. The van der Waals surface area contributed by atoms with Crippen LogP contribution in [0.15, 0.2) is 59.6 Å². The van der Waals surface area contributed by atoms with E-state index < -0.39 is 72.8 Å². The molecule has 3 rings (SSSR count). The molecular weight excluding hydrogens is 560 g/mol. The Morgan fingerprint density at radius 3 is 2.14 bits per heavy atom. The maximum atomic E-state index is 15.0. The van der Waals surface area contributed by atoms with Gasteiger partial charge in [0.2, 0.25) is 0 Å². The number of nitrogens with one attached hydrogen (secondary N) is 2. The van der Waals surface area contributed by atoms with E-state index in [0.717, 1.165) is 30.5 Å². The van der Waals surface area contributed by atoms with Gasteiger partial charge in [0.05, 0.1) is 0 Å². The SMILES string of the molecule is CC(=O)Nc1ccc(C(=O)Nc2c(F)ccc([As]S(=O)(=O)c3ccc(C(F)(F)F)cc3)c2F)cn1. The van der Waals surface area contributed by atoms with Crippen LogP contribution in [0.5, 0.6) is 0 Å². The fourth-order valence-corrected chi connectivity index (χ4v) is 8.02. The first-order valence-corrected chi connectivity index (χ1v) is 14.1. The van der Waals surface area contributed by atoms with E-state index in [9.17, 15) is 40.0 Å². The second kappa shape index (κ2) is 10.1. The quantitative estimate of drug-likeness (QED) is 0.348.